The Bertz CT molecular complexity index is 242. The first-order valence-electron chi connectivity index (χ1n) is 5.03. The van der Waals surface area contributed by atoms with Crippen LogP contribution in [0.2, 0.25) is 0 Å². The highest BCUT2D eigenvalue weighted by atomic mass is 16.5. The molecule has 2 N–H and O–H groups in total. The van der Waals surface area contributed by atoms with Gasteiger partial charge in [0.25, 0.3) is 0 Å². The molecule has 72 valence electrons. The van der Waals surface area contributed by atoms with Crippen molar-refractivity contribution in [2.45, 2.75) is 37.6 Å². The van der Waals surface area contributed by atoms with Crippen molar-refractivity contribution in [3.63, 3.8) is 0 Å². The second-order valence-corrected chi connectivity index (χ2v) is 4.37. The molecule has 3 aliphatic heterocycles. The molecule has 0 aromatic carbocycles. The van der Waals surface area contributed by atoms with Gasteiger partial charge in [0.15, 0.2) is 0 Å². The fourth-order valence-corrected chi connectivity index (χ4v) is 3.20. The highest BCUT2D eigenvalue weighted by Gasteiger charge is 2.61. The van der Waals surface area contributed by atoms with Crippen molar-refractivity contribution >= 4 is 5.91 Å². The van der Waals surface area contributed by atoms with Crippen LogP contribution in [0.5, 0.6) is 0 Å². The van der Waals surface area contributed by atoms with Gasteiger partial charge in [0.2, 0.25) is 5.91 Å². The molecule has 13 heavy (non-hydrogen) atoms. The molecule has 0 saturated carbocycles. The van der Waals surface area contributed by atoms with Gasteiger partial charge in [0, 0.05) is 13.3 Å². The third-order valence-corrected chi connectivity index (χ3v) is 3.59. The van der Waals surface area contributed by atoms with E-state index >= 15 is 0 Å². The van der Waals surface area contributed by atoms with Gasteiger partial charge in [-0.05, 0) is 0 Å². The third-order valence-electron chi connectivity index (χ3n) is 3.59. The predicted molar refractivity (Wildman–Crippen MR) is 45.4 cm³/mol. The average molecular weight is 183 g/mol. The van der Waals surface area contributed by atoms with Crippen LogP contribution in [-0.4, -0.2) is 43.3 Å². The number of hydrogen-bond donors (Lipinski definition) is 2. The van der Waals surface area contributed by atoms with E-state index in [1.165, 1.54) is 13.0 Å². The molecule has 0 aromatic rings. The Morgan fingerprint density at radius 1 is 1.54 bits per heavy atom. The van der Waals surface area contributed by atoms with E-state index in [-0.39, 0.29) is 12.0 Å². The maximum atomic E-state index is 11.0. The molecular formula is C9H15N2O2+. The molecule has 3 aliphatic rings. The Morgan fingerprint density at radius 3 is 3.08 bits per heavy atom. The number of amides is 1. The van der Waals surface area contributed by atoms with Crippen LogP contribution in [-0.2, 0) is 9.53 Å². The van der Waals surface area contributed by atoms with Crippen molar-refractivity contribution in [2.75, 3.05) is 13.1 Å². The Balaban J connectivity index is 1.81. The molecule has 0 aromatic heterocycles. The van der Waals surface area contributed by atoms with E-state index in [1.807, 2.05) is 0 Å². The van der Waals surface area contributed by atoms with Gasteiger partial charge in [-0.2, -0.15) is 0 Å². The zero-order chi connectivity index (χ0) is 9.00. The molecule has 0 aliphatic carbocycles. The van der Waals surface area contributed by atoms with E-state index in [1.54, 1.807) is 11.8 Å². The fraction of sp³-hybridized carbons (Fsp3) is 0.889. The summed E-state index contributed by atoms with van der Waals surface area (Å²) in [4.78, 5) is 12.6. The number of hydrogen-bond acceptors (Lipinski definition) is 2. The topological polar surface area (TPSA) is 42.8 Å². The SMILES string of the molecule is CC(=O)N[C@H]1[C@@H]2[C@H]3CC[NH+]2C[C@@H]1O3. The summed E-state index contributed by atoms with van der Waals surface area (Å²) in [7, 11) is 0. The number of carbonyl (C=O) groups is 1. The standard InChI is InChI=1S/C9H14N2O2/c1-5(12)10-8-7-4-11-3-2-6(13-7)9(8)11/h6-9H,2-4H2,1H3,(H,10,12)/p+1/t6-,7+,8-,9+/m1/s1. The molecule has 2 bridgehead atoms. The molecule has 1 amide bonds. The number of morpholine rings is 1. The Hall–Kier alpha value is -0.610. The summed E-state index contributed by atoms with van der Waals surface area (Å²) in [6, 6.07) is 0.842. The van der Waals surface area contributed by atoms with E-state index in [4.69, 9.17) is 4.74 Å². The number of rotatable bonds is 1. The summed E-state index contributed by atoms with van der Waals surface area (Å²) < 4.78 is 5.83. The highest BCUT2D eigenvalue weighted by Crippen LogP contribution is 2.28. The van der Waals surface area contributed by atoms with Crippen LogP contribution in [0.4, 0.5) is 0 Å². The minimum Gasteiger partial charge on any atom is -0.360 e. The van der Waals surface area contributed by atoms with Gasteiger partial charge in [-0.15, -0.1) is 0 Å². The van der Waals surface area contributed by atoms with Gasteiger partial charge in [0.05, 0.1) is 6.54 Å². The first kappa shape index (κ1) is 7.76. The van der Waals surface area contributed by atoms with Gasteiger partial charge in [-0.3, -0.25) is 4.79 Å². The Kier molecular flexibility index (Phi) is 1.46. The van der Waals surface area contributed by atoms with Crippen molar-refractivity contribution in [1.82, 2.24) is 5.32 Å². The molecule has 5 atom stereocenters. The molecule has 4 nitrogen and oxygen atoms in total. The minimum absolute atomic E-state index is 0.0763. The summed E-state index contributed by atoms with van der Waals surface area (Å²) in [5, 5.41) is 3.02. The van der Waals surface area contributed by atoms with Crippen LogP contribution < -0.4 is 10.2 Å². The number of nitrogens with one attached hydrogen (secondary N) is 2. The lowest BCUT2D eigenvalue weighted by Crippen LogP contribution is -3.13. The van der Waals surface area contributed by atoms with E-state index in [0.717, 1.165) is 6.54 Å². The summed E-state index contributed by atoms with van der Waals surface area (Å²) in [6.07, 6.45) is 1.88. The largest absolute Gasteiger partial charge is 0.360 e. The molecule has 0 spiro atoms. The number of fused-ring (bicyclic) bond motifs is 1. The quantitative estimate of drug-likeness (QED) is 0.490. The van der Waals surface area contributed by atoms with Gasteiger partial charge in [-0.1, -0.05) is 0 Å². The molecule has 3 rings (SSSR count). The second kappa shape index (κ2) is 2.45. The van der Waals surface area contributed by atoms with Crippen molar-refractivity contribution in [2.24, 2.45) is 0 Å². The first-order valence-corrected chi connectivity index (χ1v) is 5.03. The Labute approximate surface area is 77.2 Å². The second-order valence-electron chi connectivity index (χ2n) is 4.37. The lowest BCUT2D eigenvalue weighted by molar-refractivity contribution is -0.907. The monoisotopic (exact) mass is 183 g/mol. The smallest absolute Gasteiger partial charge is 0.217 e. The van der Waals surface area contributed by atoms with Gasteiger partial charge < -0.3 is 15.0 Å². The van der Waals surface area contributed by atoms with E-state index < -0.39 is 0 Å². The number of ether oxygens (including phenoxy) is 1. The minimum atomic E-state index is 0.0763. The highest BCUT2D eigenvalue weighted by molar-refractivity contribution is 5.73. The maximum Gasteiger partial charge on any atom is 0.217 e. The number of quaternary nitrogens is 1. The van der Waals surface area contributed by atoms with Gasteiger partial charge in [-0.25, -0.2) is 0 Å². The third kappa shape index (κ3) is 0.957. The molecule has 3 saturated heterocycles. The molecular weight excluding hydrogens is 168 g/mol. The molecule has 3 heterocycles. The summed E-state index contributed by atoms with van der Waals surface area (Å²) >= 11 is 0. The summed E-state index contributed by atoms with van der Waals surface area (Å²) in [5.41, 5.74) is 0. The van der Waals surface area contributed by atoms with Crippen LogP contribution in [0.15, 0.2) is 0 Å². The first-order chi connectivity index (χ1) is 6.25. The maximum absolute atomic E-state index is 11.0. The summed E-state index contributed by atoms with van der Waals surface area (Å²) in [6.45, 7) is 3.90. The van der Waals surface area contributed by atoms with Crippen LogP contribution in [0.3, 0.4) is 0 Å². The zero-order valence-electron chi connectivity index (χ0n) is 7.75. The number of carbonyl (C=O) groups excluding carboxylic acids is 1. The molecule has 4 heteroatoms. The zero-order valence-corrected chi connectivity index (χ0v) is 7.75. The van der Waals surface area contributed by atoms with Gasteiger partial charge in [0.1, 0.15) is 30.8 Å². The van der Waals surface area contributed by atoms with Crippen LogP contribution in [0.1, 0.15) is 13.3 Å². The predicted octanol–water partition coefficient (Wildman–Crippen LogP) is -2.07. The normalized spacial score (nSPS) is 51.3. The van der Waals surface area contributed by atoms with Crippen LogP contribution in [0.25, 0.3) is 0 Å². The van der Waals surface area contributed by atoms with Gasteiger partial charge >= 0.3 is 0 Å². The van der Waals surface area contributed by atoms with Crippen molar-refractivity contribution < 1.29 is 14.4 Å². The molecule has 0 radical (unpaired) electrons. The van der Waals surface area contributed by atoms with E-state index in [9.17, 15) is 4.79 Å². The van der Waals surface area contributed by atoms with Crippen LogP contribution >= 0.6 is 0 Å². The Morgan fingerprint density at radius 2 is 2.38 bits per heavy atom. The fourth-order valence-electron chi connectivity index (χ4n) is 3.20. The summed E-state index contributed by atoms with van der Waals surface area (Å²) in [5.74, 6) is 0.0763. The lowest BCUT2D eigenvalue weighted by Gasteiger charge is -2.18. The van der Waals surface area contributed by atoms with Crippen molar-refractivity contribution in [3.05, 3.63) is 0 Å². The lowest BCUT2D eigenvalue weighted by atomic mass is 10.1. The van der Waals surface area contributed by atoms with Crippen LogP contribution in [0, 0.1) is 0 Å². The molecule has 1 unspecified atom stereocenters. The van der Waals surface area contributed by atoms with Crippen molar-refractivity contribution in [3.8, 4) is 0 Å². The average Bonchev–Trinajstić information content (AvgIpc) is 2.60. The molecule has 3 fully saturated rings. The van der Waals surface area contributed by atoms with E-state index in [0.29, 0.717) is 18.2 Å². The van der Waals surface area contributed by atoms with Crippen molar-refractivity contribution in [1.29, 1.82) is 0 Å². The van der Waals surface area contributed by atoms with E-state index in [2.05, 4.69) is 5.32 Å².